The van der Waals surface area contributed by atoms with Crippen LogP contribution >= 0.6 is 0 Å². The first kappa shape index (κ1) is 25.9. The summed E-state index contributed by atoms with van der Waals surface area (Å²) in [6.07, 6.45) is 5.95. The first-order valence-corrected chi connectivity index (χ1v) is 14.0. The number of Topliss-reactive ketones (excluding diaryl/α,β-unsaturated/α-hetero) is 1. The Kier molecular flexibility index (Phi) is 5.83. The van der Waals surface area contributed by atoms with E-state index in [9.17, 15) is 20.1 Å². The van der Waals surface area contributed by atoms with Gasteiger partial charge in [0.25, 0.3) is 0 Å². The standard InChI is InChI=1S/C30H48O5/c1-17(14-20-25-18(26(2,3)35-20)8-13-30(25,7)34)24-19(32)15-22-27(4)12-10-23(33)29(6,16-31)21(27)9-11-28(22,24)5/h18,20-23,25,31,33-34H,8-16H2,1-7H3/b24-17+/t18-,20-,21+,22-,23-,25+,27-,28-,29+,30-/m0/s1. The topological polar surface area (TPSA) is 87.0 Å². The molecule has 0 unspecified atom stereocenters. The third-order valence-electron chi connectivity index (χ3n) is 12.2. The molecule has 5 fully saturated rings. The van der Waals surface area contributed by atoms with Crippen molar-refractivity contribution < 1.29 is 24.9 Å². The lowest BCUT2D eigenvalue weighted by molar-refractivity contribution is -0.178. The lowest BCUT2D eigenvalue weighted by Crippen LogP contribution is -2.59. The number of aliphatic hydroxyl groups excluding tert-OH is 2. The summed E-state index contributed by atoms with van der Waals surface area (Å²) < 4.78 is 6.58. The molecule has 1 aliphatic heterocycles. The maximum atomic E-state index is 13.7. The van der Waals surface area contributed by atoms with Crippen LogP contribution in [0.2, 0.25) is 0 Å². The molecule has 0 aromatic heterocycles. The van der Waals surface area contributed by atoms with Crippen molar-refractivity contribution in [2.75, 3.05) is 6.61 Å². The fourth-order valence-electron chi connectivity index (χ4n) is 10.5. The van der Waals surface area contributed by atoms with Crippen molar-refractivity contribution in [1.82, 2.24) is 0 Å². The van der Waals surface area contributed by atoms with Crippen molar-refractivity contribution in [3.05, 3.63) is 11.1 Å². The molecule has 4 saturated carbocycles. The predicted octanol–water partition coefficient (Wildman–Crippen LogP) is 4.81. The van der Waals surface area contributed by atoms with Crippen molar-refractivity contribution in [2.24, 2.45) is 39.9 Å². The zero-order valence-corrected chi connectivity index (χ0v) is 23.0. The van der Waals surface area contributed by atoms with Gasteiger partial charge in [0.2, 0.25) is 0 Å². The number of carbonyl (C=O) groups is 1. The van der Waals surface area contributed by atoms with Gasteiger partial charge in [-0.25, -0.2) is 0 Å². The molecule has 198 valence electrons. The normalized spacial score (nSPS) is 54.4. The Morgan fingerprint density at radius 1 is 1.00 bits per heavy atom. The van der Waals surface area contributed by atoms with Crippen LogP contribution in [0.1, 0.15) is 99.8 Å². The van der Waals surface area contributed by atoms with Gasteiger partial charge in [-0.3, -0.25) is 4.79 Å². The fourth-order valence-corrected chi connectivity index (χ4v) is 10.5. The number of carbonyl (C=O) groups excluding carboxylic acids is 1. The molecule has 0 aromatic carbocycles. The van der Waals surface area contributed by atoms with Crippen LogP contribution in [0.5, 0.6) is 0 Å². The Bertz CT molecular complexity index is 933. The van der Waals surface area contributed by atoms with Crippen LogP contribution in [-0.4, -0.2) is 51.1 Å². The lowest BCUT2D eigenvalue weighted by atomic mass is 9.43. The highest BCUT2D eigenvalue weighted by Gasteiger charge is 2.66. The third kappa shape index (κ3) is 3.43. The van der Waals surface area contributed by atoms with Crippen LogP contribution in [0.4, 0.5) is 0 Å². The molecule has 1 saturated heterocycles. The summed E-state index contributed by atoms with van der Waals surface area (Å²) in [6.45, 7) is 15.1. The zero-order chi connectivity index (χ0) is 25.8. The highest BCUT2D eigenvalue weighted by atomic mass is 16.5. The van der Waals surface area contributed by atoms with Crippen molar-refractivity contribution in [1.29, 1.82) is 0 Å². The first-order chi connectivity index (χ1) is 16.1. The molecular weight excluding hydrogens is 440 g/mol. The van der Waals surface area contributed by atoms with Gasteiger partial charge in [0.05, 0.1) is 30.0 Å². The van der Waals surface area contributed by atoms with Gasteiger partial charge in [-0.05, 0) is 101 Å². The minimum absolute atomic E-state index is 0.00911. The zero-order valence-electron chi connectivity index (χ0n) is 23.0. The fraction of sp³-hybridized carbons (Fsp3) is 0.900. The van der Waals surface area contributed by atoms with E-state index in [-0.39, 0.29) is 52.7 Å². The number of fused-ring (bicyclic) bond motifs is 4. The van der Waals surface area contributed by atoms with E-state index in [4.69, 9.17) is 4.74 Å². The second-order valence-electron chi connectivity index (χ2n) is 14.6. The lowest BCUT2D eigenvalue weighted by Gasteiger charge is -2.62. The number of hydrogen-bond acceptors (Lipinski definition) is 5. The van der Waals surface area contributed by atoms with Crippen LogP contribution < -0.4 is 0 Å². The minimum atomic E-state index is -0.719. The molecule has 0 bridgehead atoms. The second-order valence-corrected chi connectivity index (χ2v) is 14.6. The van der Waals surface area contributed by atoms with Gasteiger partial charge in [-0.1, -0.05) is 26.3 Å². The molecule has 10 atom stereocenters. The van der Waals surface area contributed by atoms with Gasteiger partial charge in [-0.15, -0.1) is 0 Å². The van der Waals surface area contributed by atoms with E-state index in [1.807, 2.05) is 13.8 Å². The Labute approximate surface area is 211 Å². The number of aliphatic hydroxyl groups is 3. The molecule has 35 heavy (non-hydrogen) atoms. The maximum Gasteiger partial charge on any atom is 0.159 e. The van der Waals surface area contributed by atoms with E-state index in [1.54, 1.807) is 0 Å². The Morgan fingerprint density at radius 2 is 1.69 bits per heavy atom. The quantitative estimate of drug-likeness (QED) is 0.496. The van der Waals surface area contributed by atoms with Crippen molar-refractivity contribution in [3.63, 3.8) is 0 Å². The summed E-state index contributed by atoms with van der Waals surface area (Å²) in [6, 6.07) is 0. The summed E-state index contributed by atoms with van der Waals surface area (Å²) in [5.74, 6) is 1.17. The van der Waals surface area contributed by atoms with Crippen molar-refractivity contribution in [2.45, 2.75) is 123 Å². The first-order valence-electron chi connectivity index (χ1n) is 14.0. The van der Waals surface area contributed by atoms with Crippen molar-refractivity contribution in [3.8, 4) is 0 Å². The second kappa shape index (κ2) is 7.88. The highest BCUT2D eigenvalue weighted by molar-refractivity contribution is 6.00. The Hall–Kier alpha value is -0.750. The predicted molar refractivity (Wildman–Crippen MR) is 136 cm³/mol. The maximum absolute atomic E-state index is 13.7. The molecule has 5 heteroatoms. The molecule has 3 N–H and O–H groups in total. The monoisotopic (exact) mass is 488 g/mol. The minimum Gasteiger partial charge on any atom is -0.396 e. The van der Waals surface area contributed by atoms with Gasteiger partial charge in [-0.2, -0.15) is 0 Å². The Balaban J connectivity index is 1.48. The number of rotatable bonds is 3. The molecule has 4 aliphatic carbocycles. The summed E-state index contributed by atoms with van der Waals surface area (Å²) in [5.41, 5.74) is 0.420. The van der Waals surface area contributed by atoms with Gasteiger partial charge >= 0.3 is 0 Å². The number of ether oxygens (including phenoxy) is 1. The highest BCUT2D eigenvalue weighted by Crippen LogP contribution is 2.69. The van der Waals surface area contributed by atoms with E-state index in [0.29, 0.717) is 25.2 Å². The molecule has 0 aromatic rings. The van der Waals surface area contributed by atoms with Crippen LogP contribution in [-0.2, 0) is 9.53 Å². The SMILES string of the molecule is C/C(C[C@@H]1OC(C)(C)[C@H]2CC[C@](C)(O)[C@@H]12)=C1/C(=O)C[C@H]2[C@@]3(C)CC[C@H](O)[C@](C)(CO)[C@@H]3CC[C@]12C. The average molecular weight is 489 g/mol. The molecule has 5 aliphatic rings. The van der Waals surface area contributed by atoms with E-state index in [0.717, 1.165) is 43.3 Å². The van der Waals surface area contributed by atoms with E-state index in [1.165, 1.54) is 0 Å². The number of allylic oxidation sites excluding steroid dienone is 1. The van der Waals surface area contributed by atoms with Crippen molar-refractivity contribution >= 4 is 5.78 Å². The van der Waals surface area contributed by atoms with Crippen LogP contribution in [0.25, 0.3) is 0 Å². The third-order valence-corrected chi connectivity index (χ3v) is 12.2. The largest absolute Gasteiger partial charge is 0.396 e. The molecule has 1 heterocycles. The number of ketones is 1. The molecular formula is C30H48O5. The summed E-state index contributed by atoms with van der Waals surface area (Å²) in [5, 5.41) is 32.3. The summed E-state index contributed by atoms with van der Waals surface area (Å²) in [7, 11) is 0. The molecule has 0 radical (unpaired) electrons. The van der Waals surface area contributed by atoms with Crippen LogP contribution in [0.15, 0.2) is 11.1 Å². The Morgan fingerprint density at radius 3 is 2.34 bits per heavy atom. The summed E-state index contributed by atoms with van der Waals surface area (Å²) >= 11 is 0. The van der Waals surface area contributed by atoms with Crippen LogP contribution in [0, 0.1) is 39.9 Å². The van der Waals surface area contributed by atoms with Gasteiger partial charge in [0, 0.05) is 23.3 Å². The molecule has 5 rings (SSSR count). The summed E-state index contributed by atoms with van der Waals surface area (Å²) in [4.78, 5) is 13.7. The van der Waals surface area contributed by atoms with E-state index >= 15 is 0 Å². The van der Waals surface area contributed by atoms with Crippen LogP contribution in [0.3, 0.4) is 0 Å². The van der Waals surface area contributed by atoms with Gasteiger partial charge in [0.1, 0.15) is 0 Å². The number of hydrogen-bond donors (Lipinski definition) is 3. The van der Waals surface area contributed by atoms with E-state index < -0.39 is 17.1 Å². The molecule has 5 nitrogen and oxygen atoms in total. The molecule has 0 amide bonds. The smallest absolute Gasteiger partial charge is 0.159 e. The van der Waals surface area contributed by atoms with E-state index in [2.05, 4.69) is 34.6 Å². The average Bonchev–Trinajstić information content (AvgIpc) is 3.33. The van der Waals surface area contributed by atoms with Gasteiger partial charge < -0.3 is 20.1 Å². The van der Waals surface area contributed by atoms with Gasteiger partial charge in [0.15, 0.2) is 5.78 Å². The molecule has 0 spiro atoms.